The number of carboxylic acid groups (broad SMARTS) is 1. The molecule has 0 aliphatic heterocycles. The number of aromatic amines is 1. The van der Waals surface area contributed by atoms with Crippen LogP contribution in [0.3, 0.4) is 0 Å². The van der Waals surface area contributed by atoms with Crippen molar-refractivity contribution in [3.8, 4) is 0 Å². The molecule has 0 saturated heterocycles. The minimum absolute atomic E-state index is 0.146. The molecule has 8 heteroatoms. The fraction of sp³-hybridized carbons (Fsp3) is 0.353. The number of H-pyrrole nitrogens is 1. The first-order valence-electron chi connectivity index (χ1n) is 7.87. The lowest BCUT2D eigenvalue weighted by Gasteiger charge is -2.20. The van der Waals surface area contributed by atoms with Gasteiger partial charge in [-0.3, -0.25) is 9.59 Å². The molecule has 2 rings (SSSR count). The summed E-state index contributed by atoms with van der Waals surface area (Å²) in [6.45, 7) is 2.92. The predicted molar refractivity (Wildman–Crippen MR) is 89.4 cm³/mol. The summed E-state index contributed by atoms with van der Waals surface area (Å²) in [5, 5.41) is 14.7. The first-order valence-corrected chi connectivity index (χ1v) is 7.87. The molecule has 2 aromatic rings. The zero-order valence-electron chi connectivity index (χ0n) is 13.9. The number of aromatic nitrogens is 1. The Bertz CT molecular complexity index is 802. The van der Waals surface area contributed by atoms with Crippen molar-refractivity contribution >= 4 is 28.7 Å². The Balaban J connectivity index is 2.23. The Hall–Kier alpha value is -2.90. The lowest BCUT2D eigenvalue weighted by molar-refractivity contribution is -0.142. The highest BCUT2D eigenvalue weighted by atomic mass is 19.1. The van der Waals surface area contributed by atoms with Gasteiger partial charge in [-0.15, -0.1) is 0 Å². The quantitative estimate of drug-likeness (QED) is 0.604. The van der Waals surface area contributed by atoms with E-state index >= 15 is 0 Å². The van der Waals surface area contributed by atoms with E-state index < -0.39 is 29.9 Å². The van der Waals surface area contributed by atoms with Crippen LogP contribution in [0.15, 0.2) is 24.4 Å². The van der Waals surface area contributed by atoms with Gasteiger partial charge in [0.25, 0.3) is 0 Å². The number of halogens is 1. The van der Waals surface area contributed by atoms with Crippen molar-refractivity contribution in [3.05, 3.63) is 35.8 Å². The zero-order chi connectivity index (χ0) is 18.6. The average molecular weight is 349 g/mol. The van der Waals surface area contributed by atoms with Gasteiger partial charge in [-0.1, -0.05) is 6.92 Å². The summed E-state index contributed by atoms with van der Waals surface area (Å²) in [6, 6.07) is 2.27. The van der Waals surface area contributed by atoms with Crippen molar-refractivity contribution in [1.29, 1.82) is 0 Å². The Labute approximate surface area is 143 Å². The predicted octanol–water partition coefficient (Wildman–Crippen LogP) is 1.33. The van der Waals surface area contributed by atoms with Gasteiger partial charge in [0.1, 0.15) is 17.9 Å². The number of carbonyl (C=O) groups is 3. The highest BCUT2D eigenvalue weighted by Crippen LogP contribution is 2.20. The lowest BCUT2D eigenvalue weighted by atomic mass is 10.0. The molecule has 7 nitrogen and oxygen atoms in total. The van der Waals surface area contributed by atoms with Crippen LogP contribution in [0.4, 0.5) is 4.39 Å². The van der Waals surface area contributed by atoms with Gasteiger partial charge in [-0.05, 0) is 30.2 Å². The van der Waals surface area contributed by atoms with Crippen LogP contribution in [0.2, 0.25) is 0 Å². The molecular weight excluding hydrogens is 329 g/mol. The molecule has 2 amide bonds. The maximum absolute atomic E-state index is 13.3. The van der Waals surface area contributed by atoms with Gasteiger partial charge in [0.2, 0.25) is 11.8 Å². The van der Waals surface area contributed by atoms with Crippen molar-refractivity contribution in [2.75, 3.05) is 0 Å². The third-order valence-corrected chi connectivity index (χ3v) is 3.87. The molecular formula is C17H20FN3O4. The highest BCUT2D eigenvalue weighted by Gasteiger charge is 2.25. The van der Waals surface area contributed by atoms with Crippen molar-refractivity contribution in [2.45, 2.75) is 38.8 Å². The molecule has 25 heavy (non-hydrogen) atoms. The van der Waals surface area contributed by atoms with Crippen LogP contribution in [0, 0.1) is 5.82 Å². The van der Waals surface area contributed by atoms with E-state index in [1.807, 2.05) is 0 Å². The third-order valence-electron chi connectivity index (χ3n) is 3.87. The Morgan fingerprint density at radius 2 is 1.96 bits per heavy atom. The number of aliphatic carboxylic acids is 1. The number of amides is 2. The van der Waals surface area contributed by atoms with E-state index in [1.165, 1.54) is 19.1 Å². The molecule has 2 unspecified atom stereocenters. The summed E-state index contributed by atoms with van der Waals surface area (Å²) in [7, 11) is 0. The SMILES string of the molecule is CCC(NC(=O)C(Cc1c[nH]c2cc(F)ccc12)NC(C)=O)C(=O)O. The average Bonchev–Trinajstić information content (AvgIpc) is 2.92. The number of benzene rings is 1. The van der Waals surface area contributed by atoms with Crippen LogP contribution in [0.1, 0.15) is 25.8 Å². The monoisotopic (exact) mass is 349 g/mol. The number of fused-ring (bicyclic) bond motifs is 1. The van der Waals surface area contributed by atoms with Crippen LogP contribution < -0.4 is 10.6 Å². The van der Waals surface area contributed by atoms with Gasteiger partial charge in [0.15, 0.2) is 0 Å². The number of rotatable bonds is 7. The molecule has 0 aliphatic carbocycles. The second-order valence-electron chi connectivity index (χ2n) is 5.77. The van der Waals surface area contributed by atoms with E-state index in [9.17, 15) is 18.8 Å². The topological polar surface area (TPSA) is 111 Å². The van der Waals surface area contributed by atoms with E-state index in [0.717, 1.165) is 5.39 Å². The summed E-state index contributed by atoms with van der Waals surface area (Å²) in [5.74, 6) is -2.51. The fourth-order valence-corrected chi connectivity index (χ4v) is 2.61. The highest BCUT2D eigenvalue weighted by molar-refractivity contribution is 5.91. The zero-order valence-corrected chi connectivity index (χ0v) is 13.9. The number of nitrogens with one attached hydrogen (secondary N) is 3. The molecule has 0 spiro atoms. The van der Waals surface area contributed by atoms with Crippen LogP contribution in [0.25, 0.3) is 10.9 Å². The van der Waals surface area contributed by atoms with E-state index in [-0.39, 0.29) is 18.7 Å². The molecule has 134 valence electrons. The molecule has 2 atom stereocenters. The normalized spacial score (nSPS) is 13.2. The summed E-state index contributed by atoms with van der Waals surface area (Å²) < 4.78 is 13.3. The molecule has 0 aliphatic rings. The molecule has 0 saturated carbocycles. The first kappa shape index (κ1) is 18.4. The van der Waals surface area contributed by atoms with Crippen molar-refractivity contribution < 1.29 is 23.9 Å². The Morgan fingerprint density at radius 3 is 2.56 bits per heavy atom. The van der Waals surface area contributed by atoms with Crippen LogP contribution in [0.5, 0.6) is 0 Å². The third kappa shape index (κ3) is 4.56. The second kappa shape index (κ2) is 7.78. The molecule has 0 radical (unpaired) electrons. The van der Waals surface area contributed by atoms with Crippen LogP contribution in [-0.2, 0) is 20.8 Å². The van der Waals surface area contributed by atoms with Crippen LogP contribution >= 0.6 is 0 Å². The van der Waals surface area contributed by atoms with Crippen molar-refractivity contribution in [1.82, 2.24) is 15.6 Å². The molecule has 0 bridgehead atoms. The Morgan fingerprint density at radius 1 is 1.24 bits per heavy atom. The molecule has 1 aromatic carbocycles. The largest absolute Gasteiger partial charge is 0.480 e. The smallest absolute Gasteiger partial charge is 0.326 e. The summed E-state index contributed by atoms with van der Waals surface area (Å²) in [4.78, 5) is 37.8. The lowest BCUT2D eigenvalue weighted by Crippen LogP contribution is -2.51. The van der Waals surface area contributed by atoms with E-state index in [4.69, 9.17) is 5.11 Å². The number of hydrogen-bond acceptors (Lipinski definition) is 3. The number of carbonyl (C=O) groups excluding carboxylic acids is 2. The van der Waals surface area contributed by atoms with Gasteiger partial charge >= 0.3 is 5.97 Å². The van der Waals surface area contributed by atoms with Crippen LogP contribution in [-0.4, -0.2) is 40.0 Å². The van der Waals surface area contributed by atoms with Gasteiger partial charge in [-0.25, -0.2) is 9.18 Å². The second-order valence-corrected chi connectivity index (χ2v) is 5.77. The Kier molecular flexibility index (Phi) is 5.74. The molecule has 4 N–H and O–H groups in total. The standard InChI is InChI=1S/C17H20FN3O4/c1-3-13(17(24)25)21-16(23)15(20-9(2)22)6-10-8-19-14-7-11(18)4-5-12(10)14/h4-5,7-8,13,15,19H,3,6H2,1-2H3,(H,20,22)(H,21,23)(H,24,25). The molecule has 1 aromatic heterocycles. The number of hydrogen-bond donors (Lipinski definition) is 4. The van der Waals surface area contributed by atoms with E-state index in [1.54, 1.807) is 19.2 Å². The van der Waals surface area contributed by atoms with Gasteiger partial charge in [0, 0.05) is 30.4 Å². The maximum Gasteiger partial charge on any atom is 0.326 e. The molecule has 1 heterocycles. The number of carboxylic acids is 1. The van der Waals surface area contributed by atoms with Crippen molar-refractivity contribution in [2.24, 2.45) is 0 Å². The van der Waals surface area contributed by atoms with E-state index in [0.29, 0.717) is 11.1 Å². The maximum atomic E-state index is 13.3. The fourth-order valence-electron chi connectivity index (χ4n) is 2.61. The van der Waals surface area contributed by atoms with Gasteiger partial charge < -0.3 is 20.7 Å². The van der Waals surface area contributed by atoms with Gasteiger partial charge in [-0.2, -0.15) is 0 Å². The van der Waals surface area contributed by atoms with E-state index in [2.05, 4.69) is 15.6 Å². The summed E-state index contributed by atoms with van der Waals surface area (Å²) in [5.41, 5.74) is 1.29. The molecule has 0 fully saturated rings. The van der Waals surface area contributed by atoms with Gasteiger partial charge in [0.05, 0.1) is 0 Å². The summed E-state index contributed by atoms with van der Waals surface area (Å²) in [6.07, 6.45) is 2.01. The minimum atomic E-state index is -1.14. The minimum Gasteiger partial charge on any atom is -0.480 e. The first-order chi connectivity index (χ1) is 11.8. The summed E-state index contributed by atoms with van der Waals surface area (Å²) >= 11 is 0. The van der Waals surface area contributed by atoms with Crippen molar-refractivity contribution in [3.63, 3.8) is 0 Å².